The van der Waals surface area contributed by atoms with Gasteiger partial charge >= 0.3 is 0 Å². The van der Waals surface area contributed by atoms with E-state index in [0.717, 1.165) is 35.2 Å². The maximum absolute atomic E-state index is 13.4. The van der Waals surface area contributed by atoms with Gasteiger partial charge in [-0.15, -0.1) is 0 Å². The summed E-state index contributed by atoms with van der Waals surface area (Å²) < 4.78 is 20.7. The van der Waals surface area contributed by atoms with Crippen molar-refractivity contribution in [1.82, 2.24) is 14.8 Å². The third kappa shape index (κ3) is 5.10. The predicted molar refractivity (Wildman–Crippen MR) is 113 cm³/mol. The Labute approximate surface area is 175 Å². The molecule has 1 saturated carbocycles. The fourth-order valence-electron chi connectivity index (χ4n) is 3.32. The van der Waals surface area contributed by atoms with Gasteiger partial charge < -0.3 is 10.1 Å². The van der Waals surface area contributed by atoms with Gasteiger partial charge in [0.25, 0.3) is 0 Å². The molecule has 1 aliphatic rings. The zero-order valence-corrected chi connectivity index (χ0v) is 17.0. The molecule has 0 saturated heterocycles. The molecule has 1 N–H and O–H groups in total. The molecule has 7 heteroatoms. The first-order valence-corrected chi connectivity index (χ1v) is 10.3. The number of amides is 1. The SMILES string of the molecule is CCOCCn1cc(-c2ccnc(NC(=O)CC3CC3)c2)c(-c2ccc(F)cc2)n1. The van der Waals surface area contributed by atoms with E-state index in [4.69, 9.17) is 9.84 Å². The van der Waals surface area contributed by atoms with Gasteiger partial charge in [0.15, 0.2) is 0 Å². The standard InChI is InChI=1S/C23H25FN4O2/c1-2-30-12-11-28-15-20(23(27-28)17-5-7-19(24)8-6-17)18-9-10-25-21(14-18)26-22(29)13-16-3-4-16/h5-10,14-16H,2-4,11-13H2,1H3,(H,25,26,29). The number of hydrogen-bond donors (Lipinski definition) is 1. The molecular formula is C23H25FN4O2. The number of hydrogen-bond acceptors (Lipinski definition) is 4. The number of carbonyl (C=O) groups excluding carboxylic acids is 1. The predicted octanol–water partition coefficient (Wildman–Crippen LogP) is 4.53. The van der Waals surface area contributed by atoms with Crippen LogP contribution in [-0.2, 0) is 16.1 Å². The molecule has 0 bridgehead atoms. The van der Waals surface area contributed by atoms with E-state index in [1.807, 2.05) is 29.9 Å². The lowest BCUT2D eigenvalue weighted by Gasteiger charge is -2.07. The fraction of sp³-hybridized carbons (Fsp3) is 0.348. The van der Waals surface area contributed by atoms with Crippen molar-refractivity contribution in [2.45, 2.75) is 32.7 Å². The van der Waals surface area contributed by atoms with E-state index < -0.39 is 0 Å². The number of pyridine rings is 1. The summed E-state index contributed by atoms with van der Waals surface area (Å²) in [4.78, 5) is 16.5. The van der Waals surface area contributed by atoms with E-state index in [-0.39, 0.29) is 11.7 Å². The monoisotopic (exact) mass is 408 g/mol. The molecule has 2 aromatic heterocycles. The van der Waals surface area contributed by atoms with Crippen molar-refractivity contribution in [3.05, 3.63) is 54.6 Å². The van der Waals surface area contributed by atoms with Gasteiger partial charge in [-0.2, -0.15) is 5.10 Å². The minimum absolute atomic E-state index is 0.00619. The van der Waals surface area contributed by atoms with Crippen LogP contribution in [0.25, 0.3) is 22.4 Å². The highest BCUT2D eigenvalue weighted by molar-refractivity contribution is 5.91. The van der Waals surface area contributed by atoms with Crippen LogP contribution < -0.4 is 5.32 Å². The summed E-state index contributed by atoms with van der Waals surface area (Å²) in [7, 11) is 0. The molecule has 1 amide bonds. The minimum Gasteiger partial charge on any atom is -0.380 e. The normalized spacial score (nSPS) is 13.4. The van der Waals surface area contributed by atoms with Crippen molar-refractivity contribution < 1.29 is 13.9 Å². The van der Waals surface area contributed by atoms with Crippen molar-refractivity contribution >= 4 is 11.7 Å². The smallest absolute Gasteiger partial charge is 0.225 e. The van der Waals surface area contributed by atoms with Crippen LogP contribution >= 0.6 is 0 Å². The van der Waals surface area contributed by atoms with Crippen LogP contribution in [0, 0.1) is 11.7 Å². The second-order valence-corrected chi connectivity index (χ2v) is 7.48. The lowest BCUT2D eigenvalue weighted by molar-refractivity contribution is -0.116. The summed E-state index contributed by atoms with van der Waals surface area (Å²) in [5, 5.41) is 7.59. The number of nitrogens with one attached hydrogen (secondary N) is 1. The summed E-state index contributed by atoms with van der Waals surface area (Å²) in [6, 6.07) is 10.0. The number of benzene rings is 1. The quantitative estimate of drug-likeness (QED) is 0.528. The van der Waals surface area contributed by atoms with Gasteiger partial charge in [0.1, 0.15) is 17.3 Å². The van der Waals surface area contributed by atoms with Crippen LogP contribution in [0.3, 0.4) is 0 Å². The Hall–Kier alpha value is -3.06. The van der Waals surface area contributed by atoms with E-state index >= 15 is 0 Å². The fourth-order valence-corrected chi connectivity index (χ4v) is 3.32. The minimum atomic E-state index is -0.291. The number of ether oxygens (including phenoxy) is 1. The molecule has 1 aliphatic carbocycles. The second kappa shape index (κ2) is 9.17. The largest absolute Gasteiger partial charge is 0.380 e. The molecule has 4 rings (SSSR count). The molecule has 0 spiro atoms. The molecule has 0 unspecified atom stereocenters. The molecule has 0 radical (unpaired) electrons. The molecular weight excluding hydrogens is 383 g/mol. The van der Waals surface area contributed by atoms with Crippen molar-refractivity contribution in [2.75, 3.05) is 18.5 Å². The first-order chi connectivity index (χ1) is 14.6. The Bertz CT molecular complexity index is 1010. The Kier molecular flexibility index (Phi) is 6.18. The number of aromatic nitrogens is 3. The molecule has 6 nitrogen and oxygen atoms in total. The van der Waals surface area contributed by atoms with Crippen molar-refractivity contribution in [3.63, 3.8) is 0 Å². The van der Waals surface area contributed by atoms with Gasteiger partial charge in [0, 0.05) is 36.5 Å². The Morgan fingerprint density at radius 1 is 1.23 bits per heavy atom. The Morgan fingerprint density at radius 3 is 2.77 bits per heavy atom. The Balaban J connectivity index is 1.63. The van der Waals surface area contributed by atoms with Gasteiger partial charge in [-0.1, -0.05) is 0 Å². The first-order valence-electron chi connectivity index (χ1n) is 10.3. The van der Waals surface area contributed by atoms with Gasteiger partial charge in [0.05, 0.1) is 13.2 Å². The maximum Gasteiger partial charge on any atom is 0.225 e. The lowest BCUT2D eigenvalue weighted by atomic mass is 10.0. The molecule has 30 heavy (non-hydrogen) atoms. The average molecular weight is 408 g/mol. The number of halogens is 1. The Morgan fingerprint density at radius 2 is 2.03 bits per heavy atom. The van der Waals surface area contributed by atoms with Crippen LogP contribution in [0.2, 0.25) is 0 Å². The number of rotatable bonds is 9. The zero-order valence-electron chi connectivity index (χ0n) is 17.0. The van der Waals surface area contributed by atoms with Gasteiger partial charge in [-0.25, -0.2) is 9.37 Å². The number of carbonyl (C=O) groups is 1. The van der Waals surface area contributed by atoms with E-state index in [1.165, 1.54) is 12.1 Å². The van der Waals surface area contributed by atoms with E-state index in [9.17, 15) is 9.18 Å². The summed E-state index contributed by atoms with van der Waals surface area (Å²) in [6.45, 7) is 3.76. The summed E-state index contributed by atoms with van der Waals surface area (Å²) in [5.74, 6) is 0.737. The van der Waals surface area contributed by atoms with Gasteiger partial charge in [0.2, 0.25) is 5.91 Å². The molecule has 1 fully saturated rings. The lowest BCUT2D eigenvalue weighted by Crippen LogP contribution is -2.12. The first kappa shape index (κ1) is 20.2. The maximum atomic E-state index is 13.4. The number of anilines is 1. The zero-order chi connectivity index (χ0) is 20.9. The molecule has 156 valence electrons. The van der Waals surface area contributed by atoms with Crippen LogP contribution in [-0.4, -0.2) is 33.9 Å². The third-order valence-electron chi connectivity index (χ3n) is 5.06. The molecule has 0 atom stereocenters. The third-order valence-corrected chi connectivity index (χ3v) is 5.06. The second-order valence-electron chi connectivity index (χ2n) is 7.48. The topological polar surface area (TPSA) is 69.0 Å². The van der Waals surface area contributed by atoms with Crippen molar-refractivity contribution in [1.29, 1.82) is 0 Å². The van der Waals surface area contributed by atoms with Crippen LogP contribution in [0.4, 0.5) is 10.2 Å². The molecule has 3 aromatic rings. The van der Waals surface area contributed by atoms with E-state index in [0.29, 0.717) is 37.9 Å². The van der Waals surface area contributed by atoms with Crippen LogP contribution in [0.5, 0.6) is 0 Å². The average Bonchev–Trinajstić information content (AvgIpc) is 3.44. The van der Waals surface area contributed by atoms with Crippen LogP contribution in [0.15, 0.2) is 48.8 Å². The summed E-state index contributed by atoms with van der Waals surface area (Å²) in [5.41, 5.74) is 3.33. The van der Waals surface area contributed by atoms with Crippen molar-refractivity contribution in [3.8, 4) is 22.4 Å². The highest BCUT2D eigenvalue weighted by Crippen LogP contribution is 2.34. The summed E-state index contributed by atoms with van der Waals surface area (Å²) in [6.07, 6.45) is 6.42. The molecule has 1 aromatic carbocycles. The highest BCUT2D eigenvalue weighted by atomic mass is 19.1. The van der Waals surface area contributed by atoms with Gasteiger partial charge in [-0.05, 0) is 67.6 Å². The number of nitrogens with zero attached hydrogens (tertiary/aromatic N) is 3. The molecule has 2 heterocycles. The van der Waals surface area contributed by atoms with Crippen molar-refractivity contribution in [2.24, 2.45) is 5.92 Å². The molecule has 0 aliphatic heterocycles. The van der Waals surface area contributed by atoms with E-state index in [2.05, 4.69) is 10.3 Å². The summed E-state index contributed by atoms with van der Waals surface area (Å²) >= 11 is 0. The highest BCUT2D eigenvalue weighted by Gasteiger charge is 2.24. The van der Waals surface area contributed by atoms with Gasteiger partial charge in [-0.3, -0.25) is 9.48 Å². The van der Waals surface area contributed by atoms with E-state index in [1.54, 1.807) is 18.3 Å². The van der Waals surface area contributed by atoms with Crippen LogP contribution in [0.1, 0.15) is 26.2 Å².